The lowest BCUT2D eigenvalue weighted by molar-refractivity contribution is 0.1000. The Hall–Kier alpha value is -3.74. The number of anilines is 1. The summed E-state index contributed by atoms with van der Waals surface area (Å²) in [6, 6.07) is 13.4. The molecule has 130 valence electrons. The average Bonchev–Trinajstić information content (AvgIpc) is 2.65. The van der Waals surface area contributed by atoms with Gasteiger partial charge in [0.15, 0.2) is 0 Å². The van der Waals surface area contributed by atoms with Crippen molar-refractivity contribution in [1.29, 1.82) is 0 Å². The Morgan fingerprint density at radius 3 is 2.42 bits per heavy atom. The zero-order chi connectivity index (χ0) is 18.5. The quantitative estimate of drug-likeness (QED) is 0.737. The summed E-state index contributed by atoms with van der Waals surface area (Å²) in [6.45, 7) is 1.84. The van der Waals surface area contributed by atoms with E-state index in [2.05, 4.69) is 15.3 Å². The van der Waals surface area contributed by atoms with Crippen molar-refractivity contribution in [3.05, 3.63) is 77.6 Å². The molecule has 0 atom stereocenters. The van der Waals surface area contributed by atoms with Crippen LogP contribution in [0, 0.1) is 6.92 Å². The Morgan fingerprint density at radius 1 is 1.00 bits per heavy atom. The summed E-state index contributed by atoms with van der Waals surface area (Å²) in [4.78, 5) is 31.6. The predicted octanol–water partition coefficient (Wildman–Crippen LogP) is 2.93. The minimum Gasteiger partial charge on any atom is -0.424 e. The van der Waals surface area contributed by atoms with Gasteiger partial charge < -0.3 is 15.8 Å². The average molecular weight is 348 g/mol. The summed E-state index contributed by atoms with van der Waals surface area (Å²) < 4.78 is 5.56. The molecule has 0 bridgehead atoms. The van der Waals surface area contributed by atoms with Gasteiger partial charge >= 0.3 is 6.01 Å². The highest BCUT2D eigenvalue weighted by Crippen LogP contribution is 2.24. The second kappa shape index (κ2) is 7.43. The summed E-state index contributed by atoms with van der Waals surface area (Å²) in [6.07, 6.45) is 3.17. The normalized spacial score (nSPS) is 10.2. The number of aryl methyl sites for hydroxylation is 1. The number of nitrogens with two attached hydrogens (primary N) is 1. The zero-order valence-electron chi connectivity index (χ0n) is 14.0. The number of carbonyl (C=O) groups is 2. The lowest BCUT2D eigenvalue weighted by Gasteiger charge is -2.11. The first kappa shape index (κ1) is 17.1. The molecule has 0 saturated heterocycles. The molecule has 7 heteroatoms. The van der Waals surface area contributed by atoms with Gasteiger partial charge in [-0.25, -0.2) is 9.97 Å². The number of nitrogens with zero attached hydrogens (tertiary/aromatic N) is 2. The number of benzene rings is 2. The number of rotatable bonds is 5. The highest BCUT2D eigenvalue weighted by atomic mass is 16.5. The molecule has 3 rings (SSSR count). The van der Waals surface area contributed by atoms with E-state index in [4.69, 9.17) is 10.5 Å². The third kappa shape index (κ3) is 4.02. The molecule has 7 nitrogen and oxygen atoms in total. The number of aromatic nitrogens is 2. The number of carbonyl (C=O) groups excluding carboxylic acids is 2. The second-order valence-corrected chi connectivity index (χ2v) is 5.51. The summed E-state index contributed by atoms with van der Waals surface area (Å²) >= 11 is 0. The maximum atomic E-state index is 12.4. The van der Waals surface area contributed by atoms with Crippen LogP contribution in [0.3, 0.4) is 0 Å². The molecule has 3 N–H and O–H groups in total. The van der Waals surface area contributed by atoms with Crippen LogP contribution in [0.4, 0.5) is 5.69 Å². The number of hydrogen-bond donors (Lipinski definition) is 2. The van der Waals surface area contributed by atoms with Gasteiger partial charge in [-0.1, -0.05) is 6.07 Å². The molecule has 0 aliphatic heterocycles. The van der Waals surface area contributed by atoms with Crippen molar-refractivity contribution < 1.29 is 14.3 Å². The smallest absolute Gasteiger partial charge is 0.321 e. The van der Waals surface area contributed by atoms with Crippen LogP contribution in [-0.4, -0.2) is 21.8 Å². The van der Waals surface area contributed by atoms with Gasteiger partial charge in [0.05, 0.1) is 0 Å². The Morgan fingerprint density at radius 2 is 1.73 bits per heavy atom. The Balaban J connectivity index is 1.75. The van der Waals surface area contributed by atoms with E-state index in [-0.39, 0.29) is 17.5 Å². The molecule has 0 fully saturated rings. The molecule has 0 aliphatic rings. The molecular weight excluding hydrogens is 332 g/mol. The molecule has 2 amide bonds. The molecule has 2 aromatic carbocycles. The summed E-state index contributed by atoms with van der Waals surface area (Å²) in [5.74, 6) is -0.362. The van der Waals surface area contributed by atoms with Gasteiger partial charge in [-0.15, -0.1) is 0 Å². The summed E-state index contributed by atoms with van der Waals surface area (Å²) in [5.41, 5.74) is 7.30. The van der Waals surface area contributed by atoms with E-state index in [0.29, 0.717) is 17.0 Å². The second-order valence-electron chi connectivity index (χ2n) is 5.51. The van der Waals surface area contributed by atoms with Crippen LogP contribution in [0.15, 0.2) is 60.9 Å². The molecule has 26 heavy (non-hydrogen) atoms. The van der Waals surface area contributed by atoms with E-state index in [0.717, 1.165) is 5.56 Å². The van der Waals surface area contributed by atoms with Crippen LogP contribution in [-0.2, 0) is 0 Å². The fourth-order valence-electron chi connectivity index (χ4n) is 2.29. The molecule has 0 aliphatic carbocycles. The van der Waals surface area contributed by atoms with E-state index in [1.165, 1.54) is 6.07 Å². The van der Waals surface area contributed by atoms with Gasteiger partial charge in [-0.3, -0.25) is 9.59 Å². The van der Waals surface area contributed by atoms with Gasteiger partial charge in [0.1, 0.15) is 5.75 Å². The lowest BCUT2D eigenvalue weighted by atomic mass is 10.1. The number of hydrogen-bond acceptors (Lipinski definition) is 5. The number of nitrogens with one attached hydrogen (secondary N) is 1. The number of amides is 2. The minimum atomic E-state index is -0.583. The number of ether oxygens (including phenoxy) is 1. The van der Waals surface area contributed by atoms with Crippen LogP contribution >= 0.6 is 0 Å². The van der Waals surface area contributed by atoms with Crippen LogP contribution in [0.1, 0.15) is 26.3 Å². The van der Waals surface area contributed by atoms with Crippen molar-refractivity contribution in [2.75, 3.05) is 5.32 Å². The maximum absolute atomic E-state index is 12.4. The minimum absolute atomic E-state index is 0.243. The molecule has 0 radical (unpaired) electrons. The molecule has 0 spiro atoms. The Bertz CT molecular complexity index is 958. The lowest BCUT2D eigenvalue weighted by Crippen LogP contribution is -2.15. The van der Waals surface area contributed by atoms with Gasteiger partial charge in [0, 0.05) is 29.2 Å². The van der Waals surface area contributed by atoms with Gasteiger partial charge in [-0.05, 0) is 55.0 Å². The van der Waals surface area contributed by atoms with Crippen LogP contribution in [0.5, 0.6) is 11.8 Å². The Kier molecular flexibility index (Phi) is 4.89. The zero-order valence-corrected chi connectivity index (χ0v) is 14.0. The molecule has 1 aromatic heterocycles. The van der Waals surface area contributed by atoms with Crippen LogP contribution in [0.25, 0.3) is 0 Å². The highest BCUT2D eigenvalue weighted by Gasteiger charge is 2.11. The summed E-state index contributed by atoms with van der Waals surface area (Å²) in [7, 11) is 0. The monoisotopic (exact) mass is 348 g/mol. The van der Waals surface area contributed by atoms with E-state index >= 15 is 0 Å². The largest absolute Gasteiger partial charge is 0.424 e. The SMILES string of the molecule is Cc1cc(Oc2ncccn2)ccc1NC(=O)c1cccc(C(N)=O)c1. The van der Waals surface area contributed by atoms with Gasteiger partial charge in [0.2, 0.25) is 5.91 Å². The predicted molar refractivity (Wildman–Crippen MR) is 96.2 cm³/mol. The van der Waals surface area contributed by atoms with Gasteiger partial charge in [-0.2, -0.15) is 0 Å². The Labute approximate surface area is 149 Å². The van der Waals surface area contributed by atoms with Crippen molar-refractivity contribution in [3.8, 4) is 11.8 Å². The van der Waals surface area contributed by atoms with E-state index in [1.54, 1.807) is 54.9 Å². The standard InChI is InChI=1S/C19H16N4O3/c1-12-10-15(26-19-21-8-3-9-22-19)6-7-16(12)23-18(25)14-5-2-4-13(11-14)17(20)24/h2-11H,1H3,(H2,20,24)(H,23,25). The van der Waals surface area contributed by atoms with Crippen molar-refractivity contribution in [3.63, 3.8) is 0 Å². The highest BCUT2D eigenvalue weighted by molar-refractivity contribution is 6.06. The van der Waals surface area contributed by atoms with Crippen LogP contribution < -0.4 is 15.8 Å². The summed E-state index contributed by atoms with van der Waals surface area (Å²) in [5, 5.41) is 2.81. The van der Waals surface area contributed by atoms with E-state index in [1.807, 2.05) is 6.92 Å². The molecular formula is C19H16N4O3. The van der Waals surface area contributed by atoms with Crippen molar-refractivity contribution in [2.24, 2.45) is 5.73 Å². The van der Waals surface area contributed by atoms with Crippen LogP contribution in [0.2, 0.25) is 0 Å². The molecule has 0 saturated carbocycles. The fourth-order valence-corrected chi connectivity index (χ4v) is 2.29. The first-order valence-corrected chi connectivity index (χ1v) is 7.79. The number of primary amides is 1. The molecule has 3 aromatic rings. The van der Waals surface area contributed by atoms with Gasteiger partial charge in [0.25, 0.3) is 5.91 Å². The van der Waals surface area contributed by atoms with Crippen molar-refractivity contribution in [1.82, 2.24) is 9.97 Å². The van der Waals surface area contributed by atoms with Crippen molar-refractivity contribution in [2.45, 2.75) is 6.92 Å². The molecule has 1 heterocycles. The van der Waals surface area contributed by atoms with E-state index < -0.39 is 5.91 Å². The third-order valence-electron chi connectivity index (χ3n) is 3.61. The first-order valence-electron chi connectivity index (χ1n) is 7.79. The maximum Gasteiger partial charge on any atom is 0.321 e. The molecule has 0 unspecified atom stereocenters. The fraction of sp³-hybridized carbons (Fsp3) is 0.0526. The topological polar surface area (TPSA) is 107 Å². The van der Waals surface area contributed by atoms with Crippen molar-refractivity contribution >= 4 is 17.5 Å². The third-order valence-corrected chi connectivity index (χ3v) is 3.61. The van der Waals surface area contributed by atoms with E-state index in [9.17, 15) is 9.59 Å². The first-order chi connectivity index (χ1) is 12.5.